The van der Waals surface area contributed by atoms with Crippen molar-refractivity contribution in [2.75, 3.05) is 66.0 Å². The van der Waals surface area contributed by atoms with Gasteiger partial charge in [-0.25, -0.2) is 4.39 Å². The fourth-order valence-corrected chi connectivity index (χ4v) is 5.77. The topological polar surface area (TPSA) is 30.0 Å². The molecule has 0 aliphatic carbocycles. The van der Waals surface area contributed by atoms with Crippen LogP contribution in [-0.2, 0) is 11.2 Å². The Morgan fingerprint density at radius 1 is 0.838 bits per heavy atom. The molecule has 6 heteroatoms. The number of hydrogen-bond donors (Lipinski definition) is 0. The van der Waals surface area contributed by atoms with E-state index in [9.17, 15) is 9.18 Å². The van der Waals surface area contributed by atoms with Crippen LogP contribution < -0.4 is 0 Å². The first-order chi connectivity index (χ1) is 18.1. The van der Waals surface area contributed by atoms with E-state index in [-0.39, 0.29) is 17.8 Å². The van der Waals surface area contributed by atoms with Crippen molar-refractivity contribution in [3.63, 3.8) is 0 Å². The van der Waals surface area contributed by atoms with Crippen LogP contribution in [0.2, 0.25) is 0 Å². The van der Waals surface area contributed by atoms with E-state index in [0.29, 0.717) is 6.42 Å². The van der Waals surface area contributed by atoms with Crippen LogP contribution in [0.5, 0.6) is 0 Å². The third kappa shape index (κ3) is 6.56. The highest BCUT2D eigenvalue weighted by Crippen LogP contribution is 2.25. The zero-order chi connectivity index (χ0) is 25.6. The molecule has 5 nitrogen and oxygen atoms in total. The van der Waals surface area contributed by atoms with Gasteiger partial charge in [-0.1, -0.05) is 54.6 Å². The molecule has 3 aromatic carbocycles. The molecule has 1 unspecified atom stereocenters. The van der Waals surface area contributed by atoms with Crippen molar-refractivity contribution in [2.45, 2.75) is 25.3 Å². The SMILES string of the molecule is CN1CCN(C(CN2CCN(C(=O)CCCc3cccc4ccccc34)CC2)c2ccc(F)cc2)CC1. The van der Waals surface area contributed by atoms with E-state index in [1.807, 2.05) is 17.0 Å². The van der Waals surface area contributed by atoms with Gasteiger partial charge in [-0.15, -0.1) is 0 Å². The fourth-order valence-electron chi connectivity index (χ4n) is 5.77. The van der Waals surface area contributed by atoms with E-state index >= 15 is 0 Å². The van der Waals surface area contributed by atoms with Gasteiger partial charge in [0.2, 0.25) is 5.91 Å². The molecule has 3 aromatic rings. The maximum atomic E-state index is 13.6. The Kier molecular flexibility index (Phi) is 8.49. The second-order valence-electron chi connectivity index (χ2n) is 10.6. The quantitative estimate of drug-likeness (QED) is 0.456. The Bertz CT molecular complexity index is 1160. The van der Waals surface area contributed by atoms with Crippen molar-refractivity contribution in [3.05, 3.63) is 83.7 Å². The summed E-state index contributed by atoms with van der Waals surface area (Å²) in [5.74, 6) is 0.0856. The molecule has 1 amide bonds. The number of aryl methyl sites for hydroxylation is 1. The molecule has 2 heterocycles. The number of benzene rings is 3. The number of rotatable bonds is 8. The predicted octanol–water partition coefficient (Wildman–Crippen LogP) is 4.43. The van der Waals surface area contributed by atoms with E-state index in [1.165, 1.54) is 21.9 Å². The monoisotopic (exact) mass is 502 g/mol. The van der Waals surface area contributed by atoms with Gasteiger partial charge in [-0.05, 0) is 53.9 Å². The lowest BCUT2D eigenvalue weighted by Gasteiger charge is -2.42. The van der Waals surface area contributed by atoms with Crippen molar-refractivity contribution in [1.82, 2.24) is 19.6 Å². The Hall–Kier alpha value is -2.80. The number of piperazine rings is 2. The highest BCUT2D eigenvalue weighted by molar-refractivity contribution is 5.85. The van der Waals surface area contributed by atoms with Crippen molar-refractivity contribution < 1.29 is 9.18 Å². The van der Waals surface area contributed by atoms with Gasteiger partial charge < -0.3 is 9.80 Å². The van der Waals surface area contributed by atoms with Gasteiger partial charge in [-0.2, -0.15) is 0 Å². The normalized spacial score (nSPS) is 18.8. The number of halogens is 1. The summed E-state index contributed by atoms with van der Waals surface area (Å²) >= 11 is 0. The van der Waals surface area contributed by atoms with Crippen LogP contribution in [0.25, 0.3) is 10.8 Å². The Labute approximate surface area is 220 Å². The number of fused-ring (bicyclic) bond motifs is 1. The summed E-state index contributed by atoms with van der Waals surface area (Å²) in [5, 5.41) is 2.56. The van der Waals surface area contributed by atoms with Crippen LogP contribution >= 0.6 is 0 Å². The molecule has 196 valence electrons. The minimum atomic E-state index is -0.187. The molecule has 2 fully saturated rings. The van der Waals surface area contributed by atoms with Crippen LogP contribution in [0, 0.1) is 5.82 Å². The van der Waals surface area contributed by atoms with E-state index in [0.717, 1.165) is 71.7 Å². The van der Waals surface area contributed by atoms with Crippen molar-refractivity contribution in [3.8, 4) is 0 Å². The molecule has 0 bridgehead atoms. The second-order valence-corrected chi connectivity index (χ2v) is 10.6. The largest absolute Gasteiger partial charge is 0.340 e. The number of hydrogen-bond acceptors (Lipinski definition) is 4. The van der Waals surface area contributed by atoms with Gasteiger partial charge in [0, 0.05) is 71.4 Å². The standard InChI is InChI=1S/C31H39FN4O/c1-33-16-20-35(21-17-33)30(27-12-14-28(32)15-13-27)24-34-18-22-36(23-19-34)31(37)11-5-9-26-8-4-7-25-6-2-3-10-29(25)26/h2-4,6-8,10,12-15,30H,5,9,11,16-24H2,1H3. The molecular formula is C31H39FN4O. The summed E-state index contributed by atoms with van der Waals surface area (Å²) in [4.78, 5) is 22.4. The molecule has 0 N–H and O–H groups in total. The van der Waals surface area contributed by atoms with Gasteiger partial charge in [-0.3, -0.25) is 14.6 Å². The van der Waals surface area contributed by atoms with Crippen molar-refractivity contribution in [1.29, 1.82) is 0 Å². The molecule has 2 saturated heterocycles. The molecule has 2 aliphatic heterocycles. The minimum absolute atomic E-state index is 0.187. The summed E-state index contributed by atoms with van der Waals surface area (Å²) in [5.41, 5.74) is 2.50. The van der Waals surface area contributed by atoms with Gasteiger partial charge >= 0.3 is 0 Å². The maximum absolute atomic E-state index is 13.6. The van der Waals surface area contributed by atoms with Crippen LogP contribution in [0.4, 0.5) is 4.39 Å². The van der Waals surface area contributed by atoms with Gasteiger partial charge in [0.15, 0.2) is 0 Å². The molecule has 1 atom stereocenters. The van der Waals surface area contributed by atoms with Gasteiger partial charge in [0.25, 0.3) is 0 Å². The maximum Gasteiger partial charge on any atom is 0.222 e. The van der Waals surface area contributed by atoms with Crippen molar-refractivity contribution in [2.24, 2.45) is 0 Å². The predicted molar refractivity (Wildman–Crippen MR) is 148 cm³/mol. The summed E-state index contributed by atoms with van der Waals surface area (Å²) in [6.45, 7) is 8.41. The third-order valence-corrected chi connectivity index (χ3v) is 8.11. The third-order valence-electron chi connectivity index (χ3n) is 8.11. The average Bonchev–Trinajstić information content (AvgIpc) is 2.93. The Balaban J connectivity index is 1.12. The van der Waals surface area contributed by atoms with Crippen LogP contribution in [-0.4, -0.2) is 91.5 Å². The molecule has 2 aliphatic rings. The molecule has 5 rings (SSSR count). The smallest absolute Gasteiger partial charge is 0.222 e. The summed E-state index contributed by atoms with van der Waals surface area (Å²) in [6, 6.07) is 22.2. The number of likely N-dealkylation sites (N-methyl/N-ethyl adjacent to an activating group) is 1. The highest BCUT2D eigenvalue weighted by atomic mass is 19.1. The van der Waals surface area contributed by atoms with E-state index < -0.39 is 0 Å². The first-order valence-corrected chi connectivity index (χ1v) is 13.7. The lowest BCUT2D eigenvalue weighted by Crippen LogP contribution is -2.52. The second kappa shape index (κ2) is 12.2. The average molecular weight is 503 g/mol. The first-order valence-electron chi connectivity index (χ1n) is 13.7. The van der Waals surface area contributed by atoms with E-state index in [4.69, 9.17) is 0 Å². The fraction of sp³-hybridized carbons (Fsp3) is 0.452. The summed E-state index contributed by atoms with van der Waals surface area (Å²) < 4.78 is 13.6. The lowest BCUT2D eigenvalue weighted by atomic mass is 10.00. The zero-order valence-corrected chi connectivity index (χ0v) is 22.0. The lowest BCUT2D eigenvalue weighted by molar-refractivity contribution is -0.133. The Morgan fingerprint density at radius 2 is 1.54 bits per heavy atom. The van der Waals surface area contributed by atoms with Crippen LogP contribution in [0.3, 0.4) is 0 Å². The van der Waals surface area contributed by atoms with E-state index in [2.05, 4.69) is 64.2 Å². The van der Waals surface area contributed by atoms with Gasteiger partial charge in [0.1, 0.15) is 5.82 Å². The van der Waals surface area contributed by atoms with Gasteiger partial charge in [0.05, 0.1) is 0 Å². The highest BCUT2D eigenvalue weighted by Gasteiger charge is 2.28. The Morgan fingerprint density at radius 3 is 2.30 bits per heavy atom. The molecule has 37 heavy (non-hydrogen) atoms. The van der Waals surface area contributed by atoms with Crippen molar-refractivity contribution >= 4 is 16.7 Å². The summed E-state index contributed by atoms with van der Waals surface area (Å²) in [6.07, 6.45) is 2.41. The minimum Gasteiger partial charge on any atom is -0.340 e. The molecule has 0 spiro atoms. The number of carbonyl (C=O) groups is 1. The molecule has 0 aromatic heterocycles. The molecule has 0 saturated carbocycles. The van der Waals surface area contributed by atoms with Crippen LogP contribution in [0.15, 0.2) is 66.7 Å². The molecule has 0 radical (unpaired) electrons. The number of amides is 1. The number of nitrogens with zero attached hydrogens (tertiary/aromatic N) is 4. The van der Waals surface area contributed by atoms with Crippen LogP contribution in [0.1, 0.15) is 30.0 Å². The molecular weight excluding hydrogens is 463 g/mol. The van der Waals surface area contributed by atoms with E-state index in [1.54, 1.807) is 12.1 Å². The first kappa shape index (κ1) is 25.8. The zero-order valence-electron chi connectivity index (χ0n) is 22.0. The number of carbonyl (C=O) groups excluding carboxylic acids is 1. The summed E-state index contributed by atoms with van der Waals surface area (Å²) in [7, 11) is 2.17.